The molecule has 7 nitrogen and oxygen atoms in total. The highest BCUT2D eigenvalue weighted by Gasteiger charge is 2.29. The fraction of sp³-hybridized carbons (Fsp3) is 0.192. The summed E-state index contributed by atoms with van der Waals surface area (Å²) in [7, 11) is 1.43. The molecule has 3 aromatic carbocycles. The highest BCUT2D eigenvalue weighted by atomic mass is 127. The van der Waals surface area contributed by atoms with Crippen molar-refractivity contribution in [3.63, 3.8) is 0 Å². The van der Waals surface area contributed by atoms with Gasteiger partial charge >= 0.3 is 12.1 Å². The van der Waals surface area contributed by atoms with Gasteiger partial charge in [0.2, 0.25) is 0 Å². The molecule has 3 aromatic rings. The SMILES string of the molecule is CC(C(=O)O)N(C)C(=O)c1cc(I)cc(NC(=O)OCC2c3ccccc3-c3ccccc32)c1. The minimum Gasteiger partial charge on any atom is -0.480 e. The van der Waals surface area contributed by atoms with E-state index in [1.165, 1.54) is 20.0 Å². The number of amides is 2. The number of carbonyl (C=O) groups is 3. The fourth-order valence-electron chi connectivity index (χ4n) is 4.08. The van der Waals surface area contributed by atoms with Gasteiger partial charge in [-0.3, -0.25) is 10.1 Å². The number of hydrogen-bond acceptors (Lipinski definition) is 4. The van der Waals surface area contributed by atoms with E-state index >= 15 is 0 Å². The van der Waals surface area contributed by atoms with E-state index in [1.807, 2.05) is 59.0 Å². The second-order valence-electron chi connectivity index (χ2n) is 8.11. The predicted octanol–water partition coefficient (Wildman–Crippen LogP) is 5.20. The maximum absolute atomic E-state index is 12.7. The van der Waals surface area contributed by atoms with Crippen LogP contribution in [0.5, 0.6) is 0 Å². The van der Waals surface area contributed by atoms with Crippen molar-refractivity contribution >= 4 is 46.2 Å². The number of anilines is 1. The number of likely N-dealkylation sites (N-methyl/N-ethyl adjacent to an activating group) is 1. The monoisotopic (exact) mass is 570 g/mol. The Kier molecular flexibility index (Phi) is 6.87. The molecule has 0 saturated carbocycles. The molecule has 0 radical (unpaired) electrons. The number of carbonyl (C=O) groups excluding carboxylic acids is 2. The third-order valence-electron chi connectivity index (χ3n) is 5.99. The van der Waals surface area contributed by atoms with E-state index in [9.17, 15) is 19.5 Å². The predicted molar refractivity (Wildman–Crippen MR) is 137 cm³/mol. The quantitative estimate of drug-likeness (QED) is 0.398. The van der Waals surface area contributed by atoms with Gasteiger partial charge in [0.25, 0.3) is 5.91 Å². The van der Waals surface area contributed by atoms with Gasteiger partial charge < -0.3 is 14.7 Å². The van der Waals surface area contributed by atoms with Gasteiger partial charge in [0.05, 0.1) is 0 Å². The molecule has 1 atom stereocenters. The number of rotatable bonds is 6. The molecule has 1 aliphatic rings. The first-order chi connectivity index (χ1) is 16.3. The summed E-state index contributed by atoms with van der Waals surface area (Å²) in [5.74, 6) is -1.61. The Labute approximate surface area is 210 Å². The van der Waals surface area contributed by atoms with Crippen molar-refractivity contribution in [3.05, 3.63) is 87.0 Å². The summed E-state index contributed by atoms with van der Waals surface area (Å²) in [6.45, 7) is 1.61. The largest absolute Gasteiger partial charge is 0.480 e. The number of aliphatic carboxylic acids is 1. The molecule has 0 aliphatic heterocycles. The normalized spacial score (nSPS) is 12.9. The molecule has 8 heteroatoms. The number of fused-ring (bicyclic) bond motifs is 3. The van der Waals surface area contributed by atoms with Crippen LogP contribution in [0.25, 0.3) is 11.1 Å². The van der Waals surface area contributed by atoms with Crippen molar-refractivity contribution in [1.82, 2.24) is 4.90 Å². The van der Waals surface area contributed by atoms with Crippen LogP contribution < -0.4 is 5.32 Å². The molecular weight excluding hydrogens is 547 g/mol. The van der Waals surface area contributed by atoms with Crippen LogP contribution in [-0.4, -0.2) is 47.7 Å². The Hall–Kier alpha value is -3.40. The smallest absolute Gasteiger partial charge is 0.411 e. The fourth-order valence-corrected chi connectivity index (χ4v) is 4.75. The number of ether oxygens (including phenoxy) is 1. The van der Waals surface area contributed by atoms with Crippen molar-refractivity contribution < 1.29 is 24.2 Å². The number of hydrogen-bond donors (Lipinski definition) is 2. The van der Waals surface area contributed by atoms with E-state index in [0.29, 0.717) is 9.26 Å². The Morgan fingerprint density at radius 3 is 2.21 bits per heavy atom. The zero-order valence-corrected chi connectivity index (χ0v) is 20.8. The van der Waals surface area contributed by atoms with Crippen molar-refractivity contribution in [3.8, 4) is 11.1 Å². The van der Waals surface area contributed by atoms with Crippen LogP contribution >= 0.6 is 22.6 Å². The summed E-state index contributed by atoms with van der Waals surface area (Å²) in [4.78, 5) is 37.7. The summed E-state index contributed by atoms with van der Waals surface area (Å²) >= 11 is 2.04. The van der Waals surface area contributed by atoms with Gasteiger partial charge in [0.1, 0.15) is 12.6 Å². The lowest BCUT2D eigenvalue weighted by atomic mass is 9.98. The zero-order chi connectivity index (χ0) is 24.4. The molecule has 0 bridgehead atoms. The third-order valence-corrected chi connectivity index (χ3v) is 6.62. The maximum Gasteiger partial charge on any atom is 0.411 e. The zero-order valence-electron chi connectivity index (χ0n) is 18.6. The average Bonchev–Trinajstić information content (AvgIpc) is 3.14. The standard InChI is InChI=1S/C26H23IN2O5/c1-15(25(31)32)29(2)24(30)16-11-17(27)13-18(12-16)28-26(33)34-14-23-21-9-5-3-7-19(21)20-8-4-6-10-22(20)23/h3-13,15,23H,14H2,1-2H3,(H,28,33)(H,31,32). The van der Waals surface area contributed by atoms with E-state index in [0.717, 1.165) is 27.2 Å². The van der Waals surface area contributed by atoms with Crippen molar-refractivity contribution in [2.45, 2.75) is 18.9 Å². The van der Waals surface area contributed by atoms with Crippen LogP contribution in [0, 0.1) is 3.57 Å². The highest BCUT2D eigenvalue weighted by molar-refractivity contribution is 14.1. The Bertz CT molecular complexity index is 1230. The highest BCUT2D eigenvalue weighted by Crippen LogP contribution is 2.44. The van der Waals surface area contributed by atoms with Gasteiger partial charge in [-0.25, -0.2) is 9.59 Å². The van der Waals surface area contributed by atoms with Crippen LogP contribution in [0.1, 0.15) is 34.3 Å². The second-order valence-corrected chi connectivity index (χ2v) is 9.36. The molecule has 2 amide bonds. The Balaban J connectivity index is 1.46. The second kappa shape index (κ2) is 9.84. The van der Waals surface area contributed by atoms with E-state index in [4.69, 9.17) is 4.74 Å². The summed E-state index contributed by atoms with van der Waals surface area (Å²) in [5, 5.41) is 11.9. The molecule has 1 unspecified atom stereocenters. The number of carboxylic acids is 1. The topological polar surface area (TPSA) is 95.9 Å². The van der Waals surface area contributed by atoms with E-state index in [1.54, 1.807) is 12.1 Å². The van der Waals surface area contributed by atoms with Crippen LogP contribution in [-0.2, 0) is 9.53 Å². The third kappa shape index (κ3) is 4.77. The lowest BCUT2D eigenvalue weighted by Gasteiger charge is -2.22. The number of benzene rings is 3. The minimum atomic E-state index is -1.10. The maximum atomic E-state index is 12.7. The number of carboxylic acid groups (broad SMARTS) is 1. The molecule has 34 heavy (non-hydrogen) atoms. The summed E-state index contributed by atoms with van der Waals surface area (Å²) in [6.07, 6.45) is -0.630. The molecule has 2 N–H and O–H groups in total. The van der Waals surface area contributed by atoms with Crippen LogP contribution in [0.15, 0.2) is 66.7 Å². The first-order valence-corrected chi connectivity index (χ1v) is 11.8. The number of halogens is 1. The van der Waals surface area contributed by atoms with E-state index in [-0.39, 0.29) is 18.1 Å². The first kappa shape index (κ1) is 23.7. The first-order valence-electron chi connectivity index (χ1n) is 10.7. The minimum absolute atomic E-state index is 0.0580. The molecule has 4 rings (SSSR count). The molecule has 0 heterocycles. The summed E-state index contributed by atoms with van der Waals surface area (Å²) in [6, 6.07) is 20.1. The number of nitrogens with zero attached hydrogens (tertiary/aromatic N) is 1. The van der Waals surface area contributed by atoms with Gasteiger partial charge in [0, 0.05) is 27.8 Å². The molecule has 0 saturated heterocycles. The molecule has 0 fully saturated rings. The Morgan fingerprint density at radius 2 is 1.62 bits per heavy atom. The lowest BCUT2D eigenvalue weighted by Crippen LogP contribution is -2.40. The van der Waals surface area contributed by atoms with Crippen molar-refractivity contribution in [1.29, 1.82) is 0 Å². The van der Waals surface area contributed by atoms with Gasteiger partial charge in [-0.05, 0) is 70.0 Å². The molecule has 1 aliphatic carbocycles. The molecule has 0 spiro atoms. The Morgan fingerprint density at radius 1 is 1.03 bits per heavy atom. The van der Waals surface area contributed by atoms with Gasteiger partial charge in [0.15, 0.2) is 0 Å². The summed E-state index contributed by atoms with van der Waals surface area (Å²) in [5.41, 5.74) is 5.20. The van der Waals surface area contributed by atoms with Gasteiger partial charge in [-0.15, -0.1) is 0 Å². The van der Waals surface area contributed by atoms with Crippen molar-refractivity contribution in [2.24, 2.45) is 0 Å². The summed E-state index contributed by atoms with van der Waals surface area (Å²) < 4.78 is 6.29. The van der Waals surface area contributed by atoms with Crippen LogP contribution in [0.2, 0.25) is 0 Å². The van der Waals surface area contributed by atoms with Crippen LogP contribution in [0.4, 0.5) is 10.5 Å². The van der Waals surface area contributed by atoms with Gasteiger partial charge in [-0.2, -0.15) is 0 Å². The van der Waals surface area contributed by atoms with Crippen molar-refractivity contribution in [2.75, 3.05) is 19.0 Å². The number of nitrogens with one attached hydrogen (secondary N) is 1. The molecule has 0 aromatic heterocycles. The van der Waals surface area contributed by atoms with E-state index < -0.39 is 24.0 Å². The lowest BCUT2D eigenvalue weighted by molar-refractivity contribution is -0.141. The molecule has 174 valence electrons. The molecular formula is C26H23IN2O5. The van der Waals surface area contributed by atoms with Gasteiger partial charge in [-0.1, -0.05) is 48.5 Å². The van der Waals surface area contributed by atoms with Crippen LogP contribution in [0.3, 0.4) is 0 Å². The average molecular weight is 570 g/mol. The van der Waals surface area contributed by atoms with E-state index in [2.05, 4.69) is 17.4 Å².